The highest BCUT2D eigenvalue weighted by Gasteiger charge is 2.30. The van der Waals surface area contributed by atoms with E-state index in [1.165, 1.54) is 30.3 Å². The quantitative estimate of drug-likeness (QED) is 0.307. The molecule has 0 spiro atoms. The number of benzene rings is 2. The number of ether oxygens (including phenoxy) is 2. The van der Waals surface area contributed by atoms with Crippen molar-refractivity contribution in [2.24, 2.45) is 0 Å². The average Bonchev–Trinajstić information content (AvgIpc) is 3.15. The van der Waals surface area contributed by atoms with E-state index >= 15 is 0 Å². The lowest BCUT2D eigenvalue weighted by Crippen LogP contribution is -2.04. The molecule has 0 fully saturated rings. The van der Waals surface area contributed by atoms with Crippen molar-refractivity contribution < 1.29 is 26.8 Å². The van der Waals surface area contributed by atoms with Gasteiger partial charge in [0.05, 0.1) is 15.6 Å². The lowest BCUT2D eigenvalue weighted by molar-refractivity contribution is -0.137. The monoisotopic (exact) mass is 529 g/mol. The number of hydrogen-bond acceptors (Lipinski definition) is 4. The molecule has 31 heavy (non-hydrogen) atoms. The second-order valence-corrected chi connectivity index (χ2v) is 8.51. The molecule has 0 radical (unpaired) electrons. The van der Waals surface area contributed by atoms with Crippen molar-refractivity contribution in [1.82, 2.24) is 4.98 Å². The normalized spacial score (nSPS) is 11.6. The van der Waals surface area contributed by atoms with Crippen LogP contribution >= 0.6 is 54.8 Å². The summed E-state index contributed by atoms with van der Waals surface area (Å²) >= 11 is 23.4. The Morgan fingerprint density at radius 1 is 1.10 bits per heavy atom. The second-order valence-electron chi connectivity index (χ2n) is 5.90. The van der Waals surface area contributed by atoms with Gasteiger partial charge in [0, 0.05) is 17.7 Å². The van der Waals surface area contributed by atoms with Crippen molar-refractivity contribution in [2.75, 3.05) is 6.61 Å². The van der Waals surface area contributed by atoms with E-state index < -0.39 is 11.7 Å². The van der Waals surface area contributed by atoms with Crippen molar-refractivity contribution in [3.05, 3.63) is 68.5 Å². The minimum atomic E-state index is -4.45. The standard InChI is InChI=1S/C19H11Cl4F3NO3P/c20-13-7-12(28-5-4-15(22)23)8-14(21)17(13)29-9-16-27-18(31-30-16)10-2-1-3-11(6-10)19(24,25)26/h1-4,6-8H,5,9H2. The maximum atomic E-state index is 12.9. The predicted molar refractivity (Wildman–Crippen MR) is 116 cm³/mol. The van der Waals surface area contributed by atoms with Gasteiger partial charge in [-0.1, -0.05) is 58.5 Å². The molecule has 12 heteroatoms. The fourth-order valence-corrected chi connectivity index (χ4v) is 3.74. The number of rotatable bonds is 7. The summed E-state index contributed by atoms with van der Waals surface area (Å²) in [4.78, 5) is 4.19. The molecule has 0 unspecified atom stereocenters. The summed E-state index contributed by atoms with van der Waals surface area (Å²) in [6.45, 7) is -0.00718. The van der Waals surface area contributed by atoms with Crippen LogP contribution in [0, 0.1) is 0 Å². The molecule has 164 valence electrons. The Bertz CT molecular complexity index is 1080. The lowest BCUT2D eigenvalue weighted by Gasteiger charge is -2.11. The maximum absolute atomic E-state index is 12.9. The van der Waals surface area contributed by atoms with Crippen molar-refractivity contribution in [2.45, 2.75) is 12.8 Å². The molecule has 0 atom stereocenters. The van der Waals surface area contributed by atoms with Crippen LogP contribution in [0.5, 0.6) is 11.5 Å². The van der Waals surface area contributed by atoms with Gasteiger partial charge in [0.2, 0.25) is 5.89 Å². The summed E-state index contributed by atoms with van der Waals surface area (Å²) in [6.07, 6.45) is -3.00. The minimum Gasteiger partial charge on any atom is -0.489 e. The topological polar surface area (TPSA) is 44.5 Å². The minimum absolute atomic E-state index is 0.0649. The first-order valence-electron chi connectivity index (χ1n) is 8.39. The van der Waals surface area contributed by atoms with Crippen LogP contribution in [-0.4, -0.2) is 11.6 Å². The largest absolute Gasteiger partial charge is 0.489 e. The van der Waals surface area contributed by atoms with Crippen LogP contribution in [0.2, 0.25) is 10.0 Å². The third-order valence-corrected chi connectivity index (χ3v) is 5.42. The van der Waals surface area contributed by atoms with E-state index in [4.69, 9.17) is 60.1 Å². The summed E-state index contributed by atoms with van der Waals surface area (Å²) < 4.78 is 55.1. The van der Waals surface area contributed by atoms with Crippen LogP contribution in [-0.2, 0) is 12.8 Å². The van der Waals surface area contributed by atoms with Crippen molar-refractivity contribution in [3.63, 3.8) is 0 Å². The van der Waals surface area contributed by atoms with Crippen LogP contribution in [0.15, 0.2) is 51.2 Å². The van der Waals surface area contributed by atoms with Crippen molar-refractivity contribution in [1.29, 1.82) is 0 Å². The fourth-order valence-electron chi connectivity index (χ4n) is 2.36. The molecule has 3 aromatic rings. The maximum Gasteiger partial charge on any atom is 0.416 e. The molecule has 0 amide bonds. The fraction of sp³-hybridized carbons (Fsp3) is 0.158. The first-order chi connectivity index (χ1) is 14.6. The number of hydrogen-bond donors (Lipinski definition) is 0. The second kappa shape index (κ2) is 10.3. The number of nitrogens with zero attached hydrogens (tertiary/aromatic N) is 1. The number of halogens is 7. The molecular formula is C19H11Cl4F3NO3P. The predicted octanol–water partition coefficient (Wildman–Crippen LogP) is 8.52. The molecule has 0 aliphatic heterocycles. The highest BCUT2D eigenvalue weighted by atomic mass is 35.5. The molecule has 0 N–H and O–H groups in total. The zero-order valence-corrected chi connectivity index (χ0v) is 19.1. The van der Waals surface area contributed by atoms with Crippen molar-refractivity contribution in [3.8, 4) is 22.5 Å². The Hall–Kier alpha value is -1.63. The van der Waals surface area contributed by atoms with E-state index in [1.807, 2.05) is 0 Å². The molecular weight excluding hydrogens is 520 g/mol. The highest BCUT2D eigenvalue weighted by Crippen LogP contribution is 2.38. The molecule has 3 rings (SSSR count). The van der Waals surface area contributed by atoms with Crippen LogP contribution in [0.3, 0.4) is 0 Å². The Kier molecular flexibility index (Phi) is 8.00. The summed E-state index contributed by atoms with van der Waals surface area (Å²) in [5, 5.41) is 0.364. The van der Waals surface area contributed by atoms with E-state index in [-0.39, 0.29) is 39.4 Å². The molecule has 0 bridgehead atoms. The van der Waals surface area contributed by atoms with Gasteiger partial charge >= 0.3 is 6.18 Å². The summed E-state index contributed by atoms with van der Waals surface area (Å²) in [5.74, 6) is 0.724. The highest BCUT2D eigenvalue weighted by molar-refractivity contribution is 7.27. The summed E-state index contributed by atoms with van der Waals surface area (Å²) in [5.41, 5.74) is -0.135. The number of alkyl halides is 3. The molecule has 0 saturated heterocycles. The zero-order valence-electron chi connectivity index (χ0n) is 15.2. The molecule has 0 aliphatic rings. The van der Waals surface area contributed by atoms with Crippen LogP contribution < -0.4 is 9.47 Å². The van der Waals surface area contributed by atoms with Gasteiger partial charge < -0.3 is 13.7 Å². The molecule has 2 aromatic carbocycles. The Morgan fingerprint density at radius 3 is 2.45 bits per heavy atom. The first-order valence-corrected chi connectivity index (χ1v) is 10.7. The van der Waals surface area contributed by atoms with Crippen LogP contribution in [0.25, 0.3) is 11.0 Å². The third-order valence-electron chi connectivity index (χ3n) is 3.72. The zero-order chi connectivity index (χ0) is 22.6. The molecule has 1 heterocycles. The van der Waals surface area contributed by atoms with Gasteiger partial charge in [-0.15, -0.1) is 0 Å². The van der Waals surface area contributed by atoms with Gasteiger partial charge in [-0.05, 0) is 18.2 Å². The van der Waals surface area contributed by atoms with E-state index in [0.29, 0.717) is 25.2 Å². The average molecular weight is 531 g/mol. The van der Waals surface area contributed by atoms with Crippen LogP contribution in [0.4, 0.5) is 13.2 Å². The van der Waals surface area contributed by atoms with Gasteiger partial charge in [-0.2, -0.15) is 13.2 Å². The first kappa shape index (κ1) is 24.0. The molecule has 4 nitrogen and oxygen atoms in total. The summed E-state index contributed by atoms with van der Waals surface area (Å²) in [6, 6.07) is 7.82. The van der Waals surface area contributed by atoms with E-state index in [1.54, 1.807) is 0 Å². The third kappa shape index (κ3) is 6.67. The van der Waals surface area contributed by atoms with E-state index in [2.05, 4.69) is 4.98 Å². The van der Waals surface area contributed by atoms with Gasteiger partial charge in [0.1, 0.15) is 22.3 Å². The Balaban J connectivity index is 1.69. The Morgan fingerprint density at radius 2 is 1.81 bits per heavy atom. The molecule has 0 aliphatic carbocycles. The van der Waals surface area contributed by atoms with E-state index in [0.717, 1.165) is 12.1 Å². The molecule has 1 aromatic heterocycles. The summed E-state index contributed by atoms with van der Waals surface area (Å²) in [7, 11) is 0.290. The van der Waals surface area contributed by atoms with Gasteiger partial charge in [0.15, 0.2) is 20.8 Å². The van der Waals surface area contributed by atoms with Gasteiger partial charge in [-0.25, -0.2) is 4.98 Å². The van der Waals surface area contributed by atoms with Gasteiger partial charge in [-0.3, -0.25) is 0 Å². The van der Waals surface area contributed by atoms with Crippen LogP contribution in [0.1, 0.15) is 11.5 Å². The SMILES string of the molecule is FC(F)(F)c1cccc(-c2nc(COc3c(Cl)cc(OCC=C(Cl)Cl)cc3Cl)op2)c1. The molecule has 0 saturated carbocycles. The van der Waals surface area contributed by atoms with E-state index in [9.17, 15) is 13.2 Å². The van der Waals surface area contributed by atoms with Gasteiger partial charge in [0.25, 0.3) is 0 Å². The Labute approximate surface area is 196 Å². The lowest BCUT2D eigenvalue weighted by atomic mass is 10.1. The van der Waals surface area contributed by atoms with Crippen molar-refractivity contribution >= 4 is 54.8 Å². The number of aromatic nitrogens is 1. The smallest absolute Gasteiger partial charge is 0.416 e.